The number of aromatic amines is 1. The molecular formula is C15H21FN2O. The summed E-state index contributed by atoms with van der Waals surface area (Å²) in [5.41, 5.74) is 1.66. The largest absolute Gasteiger partial charge is 0.507 e. The molecule has 1 saturated carbocycles. The molecule has 3 rings (SSSR count). The van der Waals surface area contributed by atoms with Crippen molar-refractivity contribution in [3.63, 3.8) is 0 Å². The van der Waals surface area contributed by atoms with Gasteiger partial charge in [-0.05, 0) is 32.1 Å². The Balaban J connectivity index is 0.000000390. The minimum Gasteiger partial charge on any atom is -0.507 e. The molecule has 4 heteroatoms. The van der Waals surface area contributed by atoms with Crippen LogP contribution in [0.4, 0.5) is 4.39 Å². The lowest BCUT2D eigenvalue weighted by Crippen LogP contribution is -2.14. The summed E-state index contributed by atoms with van der Waals surface area (Å²) in [5.74, 6) is -0.420. The lowest BCUT2D eigenvalue weighted by molar-refractivity contribution is 0.414. The van der Waals surface area contributed by atoms with Crippen molar-refractivity contribution >= 4 is 10.9 Å². The lowest BCUT2D eigenvalue weighted by Gasteiger charge is -2.08. The number of aromatic hydroxyl groups is 1. The number of nitrogens with one attached hydrogen (secondary N) is 1. The van der Waals surface area contributed by atoms with Crippen LogP contribution in [0.2, 0.25) is 0 Å². The molecule has 2 aromatic rings. The molecule has 0 amide bonds. The van der Waals surface area contributed by atoms with Crippen molar-refractivity contribution in [2.45, 2.75) is 25.7 Å². The second-order valence-corrected chi connectivity index (χ2v) is 5.28. The van der Waals surface area contributed by atoms with Crippen LogP contribution in [0.15, 0.2) is 18.3 Å². The number of hydrogen-bond donors (Lipinski definition) is 2. The van der Waals surface area contributed by atoms with Crippen molar-refractivity contribution < 1.29 is 9.50 Å². The number of fused-ring (bicyclic) bond motifs is 1. The second-order valence-electron chi connectivity index (χ2n) is 5.28. The molecule has 1 aromatic heterocycles. The molecule has 0 aliphatic heterocycles. The van der Waals surface area contributed by atoms with Gasteiger partial charge in [-0.1, -0.05) is 19.3 Å². The number of halogens is 1. The number of likely N-dealkylation sites (N-methyl/N-ethyl adjacent to an activating group) is 1. The molecule has 104 valence electrons. The van der Waals surface area contributed by atoms with Crippen LogP contribution in [0.3, 0.4) is 0 Å². The molecule has 0 unspecified atom stereocenters. The average molecular weight is 264 g/mol. The van der Waals surface area contributed by atoms with Gasteiger partial charge in [-0.15, -0.1) is 0 Å². The lowest BCUT2D eigenvalue weighted by atomic mass is 10.1. The van der Waals surface area contributed by atoms with Crippen molar-refractivity contribution in [2.24, 2.45) is 0 Å². The van der Waals surface area contributed by atoms with Crippen molar-refractivity contribution in [1.29, 1.82) is 0 Å². The molecule has 0 saturated heterocycles. The maximum absolute atomic E-state index is 13.0. The first-order valence-electron chi connectivity index (χ1n) is 6.71. The summed E-state index contributed by atoms with van der Waals surface area (Å²) >= 11 is 0. The Bertz CT molecular complexity index is 544. The maximum Gasteiger partial charge on any atom is 0.129 e. The molecule has 1 heterocycles. The molecule has 0 atom stereocenters. The van der Waals surface area contributed by atoms with Crippen LogP contribution in [0.1, 0.15) is 24.8 Å². The SMILES string of the molecule is C1CC1.CN(C)CCc1c[nH]c2cc(F)cc(O)c12. The van der Waals surface area contributed by atoms with Gasteiger partial charge in [0, 0.05) is 24.2 Å². The summed E-state index contributed by atoms with van der Waals surface area (Å²) in [5, 5.41) is 10.4. The molecule has 0 radical (unpaired) electrons. The Hall–Kier alpha value is -1.55. The number of hydrogen-bond acceptors (Lipinski definition) is 2. The fourth-order valence-electron chi connectivity index (χ4n) is 1.82. The molecule has 1 fully saturated rings. The first-order chi connectivity index (χ1) is 9.08. The quantitative estimate of drug-likeness (QED) is 0.893. The summed E-state index contributed by atoms with van der Waals surface area (Å²) in [7, 11) is 3.99. The van der Waals surface area contributed by atoms with Crippen LogP contribution >= 0.6 is 0 Å². The van der Waals surface area contributed by atoms with E-state index < -0.39 is 5.82 Å². The number of rotatable bonds is 3. The highest BCUT2D eigenvalue weighted by Gasteiger charge is 2.10. The Morgan fingerprint density at radius 3 is 2.53 bits per heavy atom. The van der Waals surface area contributed by atoms with Gasteiger partial charge in [0.2, 0.25) is 0 Å². The van der Waals surface area contributed by atoms with E-state index in [1.54, 1.807) is 0 Å². The molecular weight excluding hydrogens is 243 g/mol. The normalized spacial score (nSPS) is 13.5. The molecule has 0 bridgehead atoms. The molecule has 2 N–H and O–H groups in total. The number of H-pyrrole nitrogens is 1. The van der Waals surface area contributed by atoms with Crippen molar-refractivity contribution in [1.82, 2.24) is 9.88 Å². The Labute approximate surface area is 113 Å². The van der Waals surface area contributed by atoms with Crippen LogP contribution < -0.4 is 0 Å². The van der Waals surface area contributed by atoms with E-state index in [0.717, 1.165) is 30.0 Å². The van der Waals surface area contributed by atoms with Crippen LogP contribution in [0.25, 0.3) is 10.9 Å². The fourth-order valence-corrected chi connectivity index (χ4v) is 1.82. The minimum atomic E-state index is -0.425. The first kappa shape index (κ1) is 13.9. The first-order valence-corrected chi connectivity index (χ1v) is 6.71. The summed E-state index contributed by atoms with van der Waals surface area (Å²) in [6.45, 7) is 0.893. The van der Waals surface area contributed by atoms with E-state index in [1.807, 2.05) is 20.3 Å². The Morgan fingerprint density at radius 1 is 1.26 bits per heavy atom. The maximum atomic E-state index is 13.0. The van der Waals surface area contributed by atoms with Gasteiger partial charge in [0.05, 0.1) is 5.52 Å². The third kappa shape index (κ3) is 3.96. The van der Waals surface area contributed by atoms with E-state index in [4.69, 9.17) is 0 Å². The number of phenolic OH excluding ortho intramolecular Hbond substituents is 1. The van der Waals surface area contributed by atoms with Gasteiger partial charge < -0.3 is 15.0 Å². The van der Waals surface area contributed by atoms with E-state index in [1.165, 1.54) is 25.3 Å². The molecule has 3 nitrogen and oxygen atoms in total. The molecule has 0 spiro atoms. The summed E-state index contributed by atoms with van der Waals surface area (Å²) in [4.78, 5) is 5.04. The van der Waals surface area contributed by atoms with Crippen LogP contribution in [0, 0.1) is 5.82 Å². The number of phenols is 1. The van der Waals surface area contributed by atoms with Gasteiger partial charge in [0.25, 0.3) is 0 Å². The Kier molecular flexibility index (Phi) is 4.43. The van der Waals surface area contributed by atoms with Crippen molar-refractivity contribution in [3.8, 4) is 5.75 Å². The van der Waals surface area contributed by atoms with E-state index in [9.17, 15) is 9.50 Å². The third-order valence-corrected chi connectivity index (χ3v) is 2.99. The zero-order chi connectivity index (χ0) is 13.8. The van der Waals surface area contributed by atoms with E-state index in [-0.39, 0.29) is 5.75 Å². The van der Waals surface area contributed by atoms with Gasteiger partial charge in [-0.2, -0.15) is 0 Å². The average Bonchev–Trinajstić information content (AvgIpc) is 3.14. The Morgan fingerprint density at radius 2 is 1.95 bits per heavy atom. The zero-order valence-corrected chi connectivity index (χ0v) is 11.5. The zero-order valence-electron chi connectivity index (χ0n) is 11.5. The highest BCUT2D eigenvalue weighted by Crippen LogP contribution is 2.29. The van der Waals surface area contributed by atoms with E-state index >= 15 is 0 Å². The summed E-state index contributed by atoms with van der Waals surface area (Å²) in [6, 6.07) is 2.55. The van der Waals surface area contributed by atoms with Gasteiger partial charge >= 0.3 is 0 Å². The van der Waals surface area contributed by atoms with Gasteiger partial charge in [0.1, 0.15) is 11.6 Å². The van der Waals surface area contributed by atoms with Crippen LogP contribution in [-0.2, 0) is 6.42 Å². The van der Waals surface area contributed by atoms with Gasteiger partial charge in [-0.3, -0.25) is 0 Å². The molecule has 1 aromatic carbocycles. The molecule has 19 heavy (non-hydrogen) atoms. The summed E-state index contributed by atoms with van der Waals surface area (Å²) < 4.78 is 13.0. The number of aromatic nitrogens is 1. The number of nitrogens with zero attached hydrogens (tertiary/aromatic N) is 1. The van der Waals surface area contributed by atoms with E-state index in [0.29, 0.717) is 5.52 Å². The van der Waals surface area contributed by atoms with Gasteiger partial charge in [0.15, 0.2) is 0 Å². The predicted octanol–water partition coefficient (Wildman–Crippen LogP) is 3.29. The smallest absolute Gasteiger partial charge is 0.129 e. The summed E-state index contributed by atoms with van der Waals surface area (Å²) in [6.07, 6.45) is 7.15. The standard InChI is InChI=1S/C12H15FN2O.C3H6/c1-15(2)4-3-8-7-14-10-5-9(13)6-11(16)12(8)10;1-2-3-1/h5-7,14,16H,3-4H2,1-2H3;1-3H2. The number of benzene rings is 1. The van der Waals surface area contributed by atoms with E-state index in [2.05, 4.69) is 9.88 Å². The van der Waals surface area contributed by atoms with Crippen LogP contribution in [-0.4, -0.2) is 35.6 Å². The fraction of sp³-hybridized carbons (Fsp3) is 0.467. The second kappa shape index (κ2) is 6.06. The molecule has 1 aliphatic carbocycles. The minimum absolute atomic E-state index is 0.00464. The monoisotopic (exact) mass is 264 g/mol. The van der Waals surface area contributed by atoms with Crippen molar-refractivity contribution in [2.75, 3.05) is 20.6 Å². The highest BCUT2D eigenvalue weighted by atomic mass is 19.1. The molecule has 1 aliphatic rings. The van der Waals surface area contributed by atoms with Gasteiger partial charge in [-0.25, -0.2) is 4.39 Å². The topological polar surface area (TPSA) is 39.3 Å². The highest BCUT2D eigenvalue weighted by molar-refractivity contribution is 5.89. The van der Waals surface area contributed by atoms with Crippen LogP contribution in [0.5, 0.6) is 5.75 Å². The third-order valence-electron chi connectivity index (χ3n) is 2.99. The predicted molar refractivity (Wildman–Crippen MR) is 76.0 cm³/mol. The van der Waals surface area contributed by atoms with Crippen molar-refractivity contribution in [3.05, 3.63) is 29.7 Å².